The van der Waals surface area contributed by atoms with Gasteiger partial charge in [0.25, 0.3) is 0 Å². The normalized spacial score (nSPS) is 17.3. The van der Waals surface area contributed by atoms with Gasteiger partial charge in [0.05, 0.1) is 19.7 Å². The van der Waals surface area contributed by atoms with Crippen LogP contribution in [0.4, 0.5) is 0 Å². The molecule has 30 heavy (non-hydrogen) atoms. The zero-order valence-electron chi connectivity index (χ0n) is 15.9. The average Bonchev–Trinajstić information content (AvgIpc) is 3.06. The third-order valence-electron chi connectivity index (χ3n) is 4.02. The van der Waals surface area contributed by atoms with Gasteiger partial charge in [0.1, 0.15) is 11.9 Å². The number of nitrogens with one attached hydrogen (secondary N) is 1. The molecule has 10 heteroatoms. The van der Waals surface area contributed by atoms with E-state index in [4.69, 9.17) is 26.2 Å². The van der Waals surface area contributed by atoms with Crippen LogP contribution < -0.4 is 14.8 Å². The number of carbonyl (C=O) groups excluding carboxylic acids is 1. The quantitative estimate of drug-likeness (QED) is 0.474. The summed E-state index contributed by atoms with van der Waals surface area (Å²) in [4.78, 5) is 22.5. The van der Waals surface area contributed by atoms with Crippen molar-refractivity contribution < 1.29 is 24.2 Å². The summed E-state index contributed by atoms with van der Waals surface area (Å²) < 4.78 is 11.2. The van der Waals surface area contributed by atoms with Crippen molar-refractivity contribution in [1.82, 2.24) is 5.32 Å². The van der Waals surface area contributed by atoms with Crippen molar-refractivity contribution in [1.29, 1.82) is 0 Å². The van der Waals surface area contributed by atoms with Gasteiger partial charge in [0.2, 0.25) is 5.91 Å². The fourth-order valence-corrected chi connectivity index (χ4v) is 3.66. The van der Waals surface area contributed by atoms with Crippen molar-refractivity contribution in [3.63, 3.8) is 0 Å². The monoisotopic (exact) mass is 447 g/mol. The fourth-order valence-electron chi connectivity index (χ4n) is 2.55. The maximum Gasteiger partial charge on any atom is 0.305 e. The Kier molecular flexibility index (Phi) is 7.31. The maximum atomic E-state index is 11.7. The minimum absolute atomic E-state index is 0.256. The number of aliphatic carboxylic acids is 1. The topological polar surface area (TPSA) is 110 Å². The number of amides is 1. The second-order valence-electron chi connectivity index (χ2n) is 6.13. The van der Waals surface area contributed by atoms with Crippen LogP contribution in [0.15, 0.2) is 52.7 Å². The van der Waals surface area contributed by atoms with Gasteiger partial charge in [-0.3, -0.25) is 9.59 Å². The van der Waals surface area contributed by atoms with E-state index < -0.39 is 17.1 Å². The zero-order chi connectivity index (χ0) is 21.5. The van der Waals surface area contributed by atoms with E-state index in [2.05, 4.69) is 15.5 Å². The molecule has 1 unspecified atom stereocenters. The van der Waals surface area contributed by atoms with Gasteiger partial charge >= 0.3 is 5.97 Å². The van der Waals surface area contributed by atoms with Crippen LogP contribution in [0, 0.1) is 0 Å². The van der Waals surface area contributed by atoms with E-state index in [-0.39, 0.29) is 18.2 Å². The molecule has 2 aromatic carbocycles. The Bertz CT molecular complexity index is 1010. The molecule has 0 radical (unpaired) electrons. The van der Waals surface area contributed by atoms with E-state index >= 15 is 0 Å². The van der Waals surface area contributed by atoms with Crippen LogP contribution in [-0.2, 0) is 16.2 Å². The molecule has 1 amide bonds. The van der Waals surface area contributed by atoms with Crippen molar-refractivity contribution in [3.8, 4) is 11.5 Å². The lowest BCUT2D eigenvalue weighted by molar-refractivity contribution is -0.138. The van der Waals surface area contributed by atoms with E-state index in [9.17, 15) is 9.59 Å². The summed E-state index contributed by atoms with van der Waals surface area (Å²) in [5.74, 6) is -0.370. The van der Waals surface area contributed by atoms with Crippen LogP contribution in [0.3, 0.4) is 0 Å². The number of benzene rings is 2. The van der Waals surface area contributed by atoms with Gasteiger partial charge in [-0.25, -0.2) is 0 Å². The first-order valence-corrected chi connectivity index (χ1v) is 10.1. The lowest BCUT2D eigenvalue weighted by Crippen LogP contribution is -2.26. The van der Waals surface area contributed by atoms with Crippen LogP contribution in [0.2, 0.25) is 5.02 Å². The van der Waals surface area contributed by atoms with Gasteiger partial charge in [0, 0.05) is 10.6 Å². The predicted octanol–water partition coefficient (Wildman–Crippen LogP) is 3.32. The van der Waals surface area contributed by atoms with E-state index in [0.29, 0.717) is 22.1 Å². The van der Waals surface area contributed by atoms with Crippen LogP contribution in [0.5, 0.6) is 11.5 Å². The van der Waals surface area contributed by atoms with Gasteiger partial charge in [-0.2, -0.15) is 5.10 Å². The molecule has 1 aliphatic heterocycles. The summed E-state index contributed by atoms with van der Waals surface area (Å²) in [6.07, 6.45) is 1.22. The first-order chi connectivity index (χ1) is 14.5. The van der Waals surface area contributed by atoms with E-state index in [1.165, 1.54) is 6.21 Å². The van der Waals surface area contributed by atoms with Gasteiger partial charge < -0.3 is 19.9 Å². The number of halogens is 1. The number of thioether (sulfide) groups is 1. The highest BCUT2D eigenvalue weighted by Crippen LogP contribution is 2.29. The van der Waals surface area contributed by atoms with Crippen LogP contribution in [0.25, 0.3) is 0 Å². The standard InChI is InChI=1S/C20H18ClN3O5S/c1-28-15-7-6-12(8-16(15)29-11-13-4-2-3-5-14(13)21)10-22-24-20-23-19(27)17(30-20)9-18(25)26/h2-8,10,17H,9,11H2,1H3,(H,25,26)(H,23,24,27). The molecule has 0 saturated carbocycles. The fraction of sp³-hybridized carbons (Fsp3) is 0.200. The molecule has 0 spiro atoms. The molecule has 0 aromatic heterocycles. The molecule has 2 aromatic rings. The largest absolute Gasteiger partial charge is 0.493 e. The van der Waals surface area contributed by atoms with Crippen molar-refractivity contribution in [2.75, 3.05) is 7.11 Å². The Balaban J connectivity index is 1.68. The Hall–Kier alpha value is -3.04. The van der Waals surface area contributed by atoms with Gasteiger partial charge in [-0.1, -0.05) is 41.6 Å². The number of hydrogen-bond acceptors (Lipinski definition) is 7. The molecule has 8 nitrogen and oxygen atoms in total. The number of hydrogen-bond donors (Lipinski definition) is 2. The van der Waals surface area contributed by atoms with Crippen LogP contribution >= 0.6 is 23.4 Å². The Morgan fingerprint density at radius 3 is 2.83 bits per heavy atom. The number of carboxylic acid groups (broad SMARTS) is 1. The molecule has 1 saturated heterocycles. The molecule has 2 N–H and O–H groups in total. The van der Waals surface area contributed by atoms with Crippen molar-refractivity contribution >= 4 is 46.6 Å². The maximum absolute atomic E-state index is 11.7. The molecule has 1 atom stereocenters. The highest BCUT2D eigenvalue weighted by Gasteiger charge is 2.32. The highest BCUT2D eigenvalue weighted by atomic mass is 35.5. The lowest BCUT2D eigenvalue weighted by Gasteiger charge is -2.12. The molecule has 3 rings (SSSR count). The molecular weight excluding hydrogens is 430 g/mol. The number of methoxy groups -OCH3 is 1. The second-order valence-corrected chi connectivity index (χ2v) is 7.73. The van der Waals surface area contributed by atoms with Crippen LogP contribution in [0.1, 0.15) is 17.5 Å². The summed E-state index contributed by atoms with van der Waals surface area (Å²) in [7, 11) is 1.55. The summed E-state index contributed by atoms with van der Waals surface area (Å²) in [5, 5.41) is 19.4. The number of rotatable bonds is 8. The highest BCUT2D eigenvalue weighted by molar-refractivity contribution is 8.15. The Labute approximate surface area is 181 Å². The number of carbonyl (C=O) groups is 2. The Morgan fingerprint density at radius 2 is 2.10 bits per heavy atom. The smallest absolute Gasteiger partial charge is 0.305 e. The number of carboxylic acids is 1. The number of ether oxygens (including phenoxy) is 2. The minimum Gasteiger partial charge on any atom is -0.493 e. The van der Waals surface area contributed by atoms with E-state index in [1.807, 2.05) is 18.2 Å². The van der Waals surface area contributed by atoms with Gasteiger partial charge in [-0.05, 0) is 29.8 Å². The molecule has 0 bridgehead atoms. The molecule has 1 heterocycles. The summed E-state index contributed by atoms with van der Waals surface area (Å²) in [6, 6.07) is 12.7. The molecule has 156 valence electrons. The number of nitrogens with zero attached hydrogens (tertiary/aromatic N) is 2. The predicted molar refractivity (Wildman–Crippen MR) is 116 cm³/mol. The van der Waals surface area contributed by atoms with E-state index in [0.717, 1.165) is 17.3 Å². The zero-order valence-corrected chi connectivity index (χ0v) is 17.4. The van der Waals surface area contributed by atoms with E-state index in [1.54, 1.807) is 31.4 Å². The first kappa shape index (κ1) is 21.7. The molecule has 0 aliphatic carbocycles. The van der Waals surface area contributed by atoms with Crippen LogP contribution in [-0.4, -0.2) is 40.7 Å². The van der Waals surface area contributed by atoms with Crippen molar-refractivity contribution in [2.24, 2.45) is 10.2 Å². The summed E-state index contributed by atoms with van der Waals surface area (Å²) in [5.41, 5.74) is 1.54. The third-order valence-corrected chi connectivity index (χ3v) is 5.46. The Morgan fingerprint density at radius 1 is 1.30 bits per heavy atom. The summed E-state index contributed by atoms with van der Waals surface area (Å²) >= 11 is 7.20. The first-order valence-electron chi connectivity index (χ1n) is 8.81. The lowest BCUT2D eigenvalue weighted by atomic mass is 10.2. The summed E-state index contributed by atoms with van der Waals surface area (Å²) in [6.45, 7) is 0.270. The van der Waals surface area contributed by atoms with Crippen molar-refractivity contribution in [2.45, 2.75) is 18.3 Å². The minimum atomic E-state index is -1.05. The molecular formula is C20H18ClN3O5S. The van der Waals surface area contributed by atoms with Gasteiger partial charge in [-0.15, -0.1) is 5.10 Å². The second kappa shape index (κ2) is 10.1. The van der Waals surface area contributed by atoms with Crippen molar-refractivity contribution in [3.05, 3.63) is 58.6 Å². The van der Waals surface area contributed by atoms with Gasteiger partial charge in [0.15, 0.2) is 16.7 Å². The SMILES string of the molecule is COc1ccc(C=N/N=C2/NC(=O)C(CC(=O)O)S2)cc1OCc1ccccc1Cl. The molecule has 1 aliphatic rings. The molecule has 1 fully saturated rings. The number of amidine groups is 1. The third kappa shape index (κ3) is 5.74. The average molecular weight is 448 g/mol.